The van der Waals surface area contributed by atoms with Gasteiger partial charge in [0, 0.05) is 32.5 Å². The number of sulfonamides is 1. The number of aryl methyl sites for hydroxylation is 1. The summed E-state index contributed by atoms with van der Waals surface area (Å²) < 4.78 is 26.7. The van der Waals surface area contributed by atoms with Crippen LogP contribution in [0.15, 0.2) is 83.8 Å². The van der Waals surface area contributed by atoms with E-state index in [1.165, 1.54) is 12.1 Å². The van der Waals surface area contributed by atoms with Crippen molar-refractivity contribution in [1.29, 1.82) is 0 Å². The molecule has 1 aliphatic heterocycles. The monoisotopic (exact) mass is 547 g/mol. The minimum Gasteiger partial charge on any atom is -0.355 e. The Kier molecular flexibility index (Phi) is 8.81. The van der Waals surface area contributed by atoms with E-state index in [2.05, 4.69) is 5.32 Å². The van der Waals surface area contributed by atoms with E-state index in [-0.39, 0.29) is 48.2 Å². The van der Waals surface area contributed by atoms with E-state index < -0.39 is 22.0 Å². The van der Waals surface area contributed by atoms with Crippen molar-refractivity contribution in [2.75, 3.05) is 13.1 Å². The van der Waals surface area contributed by atoms with Gasteiger partial charge in [-0.1, -0.05) is 66.7 Å². The van der Waals surface area contributed by atoms with Gasteiger partial charge in [-0.2, -0.15) is 0 Å². The highest BCUT2D eigenvalue weighted by Gasteiger charge is 2.40. The van der Waals surface area contributed by atoms with Crippen molar-refractivity contribution in [2.45, 2.75) is 50.6 Å². The van der Waals surface area contributed by atoms with E-state index in [0.29, 0.717) is 13.0 Å². The number of hydrogen-bond acceptors (Lipinski definition) is 5. The van der Waals surface area contributed by atoms with Gasteiger partial charge < -0.3 is 10.2 Å². The molecule has 0 fully saturated rings. The quantitative estimate of drug-likeness (QED) is 0.394. The van der Waals surface area contributed by atoms with E-state index in [1.54, 1.807) is 17.0 Å². The summed E-state index contributed by atoms with van der Waals surface area (Å²) in [5.41, 5.74) is 2.98. The van der Waals surface area contributed by atoms with Gasteiger partial charge in [0.2, 0.25) is 11.8 Å². The average molecular weight is 548 g/mol. The smallest absolute Gasteiger partial charge is 0.269 e. The number of fused-ring (bicyclic) bond motifs is 1. The predicted molar refractivity (Wildman–Crippen MR) is 148 cm³/mol. The second-order valence-electron chi connectivity index (χ2n) is 9.53. The minimum absolute atomic E-state index is 0.0123. The van der Waals surface area contributed by atoms with Crippen LogP contribution in [0.1, 0.15) is 46.8 Å². The van der Waals surface area contributed by atoms with Crippen molar-refractivity contribution in [3.05, 3.63) is 101 Å². The highest BCUT2D eigenvalue weighted by Crippen LogP contribution is 2.30. The molecule has 1 unspecified atom stereocenters. The summed E-state index contributed by atoms with van der Waals surface area (Å²) in [7, 11) is -3.95. The second kappa shape index (κ2) is 12.3. The molecule has 0 aliphatic carbocycles. The van der Waals surface area contributed by atoms with Gasteiger partial charge in [0.25, 0.3) is 15.9 Å². The number of benzene rings is 3. The summed E-state index contributed by atoms with van der Waals surface area (Å²) in [4.78, 5) is 41.3. The molecule has 0 saturated carbocycles. The van der Waals surface area contributed by atoms with E-state index in [1.807, 2.05) is 68.4 Å². The molecule has 204 valence electrons. The molecule has 39 heavy (non-hydrogen) atoms. The van der Waals surface area contributed by atoms with Gasteiger partial charge in [0.15, 0.2) is 0 Å². The van der Waals surface area contributed by atoms with Gasteiger partial charge in [0.1, 0.15) is 10.9 Å². The third kappa shape index (κ3) is 6.20. The maximum atomic E-state index is 13.7. The Morgan fingerprint density at radius 2 is 1.62 bits per heavy atom. The van der Waals surface area contributed by atoms with Crippen LogP contribution in [0.2, 0.25) is 0 Å². The van der Waals surface area contributed by atoms with Gasteiger partial charge >= 0.3 is 0 Å². The predicted octanol–water partition coefficient (Wildman–Crippen LogP) is 3.70. The summed E-state index contributed by atoms with van der Waals surface area (Å²) in [5.74, 6) is -1.12. The maximum Gasteiger partial charge on any atom is 0.269 e. The molecule has 0 radical (unpaired) electrons. The van der Waals surface area contributed by atoms with Crippen molar-refractivity contribution >= 4 is 27.7 Å². The third-order valence-electron chi connectivity index (χ3n) is 6.89. The fraction of sp³-hybridized carbons (Fsp3) is 0.300. The molecule has 9 heteroatoms. The number of hydrogen-bond donors (Lipinski definition) is 1. The first-order valence-corrected chi connectivity index (χ1v) is 14.5. The first-order valence-electron chi connectivity index (χ1n) is 13.1. The lowest BCUT2D eigenvalue weighted by atomic mass is 10.0. The van der Waals surface area contributed by atoms with Gasteiger partial charge in [0.05, 0.1) is 5.56 Å². The summed E-state index contributed by atoms with van der Waals surface area (Å²) >= 11 is 0. The number of carbonyl (C=O) groups excluding carboxylic acids is 3. The van der Waals surface area contributed by atoms with E-state index in [0.717, 1.165) is 21.0 Å². The summed E-state index contributed by atoms with van der Waals surface area (Å²) in [6, 6.07) is 22.6. The zero-order valence-electron chi connectivity index (χ0n) is 22.2. The molecule has 1 atom stereocenters. The molecule has 0 aromatic heterocycles. The molecule has 0 bridgehead atoms. The van der Waals surface area contributed by atoms with Gasteiger partial charge in [-0.05, 0) is 49.1 Å². The molecule has 4 rings (SSSR count). The lowest BCUT2D eigenvalue weighted by molar-refractivity contribution is -0.141. The second-order valence-corrected chi connectivity index (χ2v) is 11.4. The van der Waals surface area contributed by atoms with E-state index in [4.69, 9.17) is 0 Å². The largest absolute Gasteiger partial charge is 0.355 e. The zero-order chi connectivity index (χ0) is 28.0. The van der Waals surface area contributed by atoms with E-state index in [9.17, 15) is 22.8 Å². The van der Waals surface area contributed by atoms with Crippen LogP contribution in [0, 0.1) is 6.92 Å². The van der Waals surface area contributed by atoms with Crippen LogP contribution in [0.5, 0.6) is 0 Å². The van der Waals surface area contributed by atoms with Crippen LogP contribution in [0.3, 0.4) is 0 Å². The number of rotatable bonds is 11. The van der Waals surface area contributed by atoms with Gasteiger partial charge in [-0.3, -0.25) is 14.4 Å². The number of carbonyl (C=O) groups is 3. The number of amides is 3. The Bertz CT molecular complexity index is 1460. The van der Waals surface area contributed by atoms with Crippen LogP contribution in [-0.4, -0.2) is 54.5 Å². The standard InChI is InChI=1S/C30H33N3O5S/c1-3-31-29(35)26(20-23-13-5-4-6-14-23)32(21-24-15-8-7-12-22(24)2)28(34)18-11-19-33-30(36)25-16-9-10-17-27(25)39(33,37)38/h4-10,12-17,26H,3,11,18-21H2,1-2H3,(H,31,35). The topological polar surface area (TPSA) is 104 Å². The van der Waals surface area contributed by atoms with Crippen molar-refractivity contribution < 1.29 is 22.8 Å². The summed E-state index contributed by atoms with van der Waals surface area (Å²) in [5, 5.41) is 2.86. The molecule has 3 amide bonds. The molecule has 3 aromatic carbocycles. The number of nitrogens with one attached hydrogen (secondary N) is 1. The fourth-order valence-electron chi connectivity index (χ4n) is 4.79. The normalized spacial score (nSPS) is 14.5. The number of likely N-dealkylation sites (N-methyl/N-ethyl adjacent to an activating group) is 1. The Hall–Kier alpha value is -3.98. The molecule has 1 N–H and O–H groups in total. The fourth-order valence-corrected chi connectivity index (χ4v) is 6.39. The third-order valence-corrected chi connectivity index (χ3v) is 8.73. The van der Waals surface area contributed by atoms with Crippen LogP contribution in [0.4, 0.5) is 0 Å². The van der Waals surface area contributed by atoms with Crippen molar-refractivity contribution in [3.8, 4) is 0 Å². The van der Waals surface area contributed by atoms with E-state index >= 15 is 0 Å². The Balaban J connectivity index is 1.56. The van der Waals surface area contributed by atoms with Crippen molar-refractivity contribution in [3.63, 3.8) is 0 Å². The molecule has 0 spiro atoms. The molecule has 0 saturated heterocycles. The van der Waals surface area contributed by atoms with Gasteiger partial charge in [-0.15, -0.1) is 0 Å². The maximum absolute atomic E-state index is 13.7. The molecule has 8 nitrogen and oxygen atoms in total. The molecular weight excluding hydrogens is 514 g/mol. The first kappa shape index (κ1) is 28.0. The Morgan fingerprint density at radius 3 is 2.31 bits per heavy atom. The lowest BCUT2D eigenvalue weighted by Gasteiger charge is -2.32. The van der Waals surface area contributed by atoms with Crippen molar-refractivity contribution in [1.82, 2.24) is 14.5 Å². The van der Waals surface area contributed by atoms with Gasteiger partial charge in [-0.25, -0.2) is 12.7 Å². The van der Waals surface area contributed by atoms with Crippen LogP contribution >= 0.6 is 0 Å². The number of nitrogens with zero attached hydrogens (tertiary/aromatic N) is 2. The summed E-state index contributed by atoms with van der Waals surface area (Å²) in [6.45, 7) is 4.32. The van der Waals surface area contributed by atoms with Crippen LogP contribution in [0.25, 0.3) is 0 Å². The SMILES string of the molecule is CCNC(=O)C(Cc1ccccc1)N(Cc1ccccc1C)C(=O)CCCN1C(=O)c2ccccc2S1(=O)=O. The zero-order valence-corrected chi connectivity index (χ0v) is 23.0. The summed E-state index contributed by atoms with van der Waals surface area (Å²) in [6.07, 6.45) is 0.445. The molecule has 3 aromatic rings. The Morgan fingerprint density at radius 1 is 0.949 bits per heavy atom. The molecular formula is C30H33N3O5S. The minimum atomic E-state index is -3.95. The highest BCUT2D eigenvalue weighted by atomic mass is 32.2. The Labute approximate surface area is 229 Å². The van der Waals surface area contributed by atoms with Crippen molar-refractivity contribution in [2.24, 2.45) is 0 Å². The highest BCUT2D eigenvalue weighted by molar-refractivity contribution is 7.90. The average Bonchev–Trinajstić information content (AvgIpc) is 3.12. The lowest BCUT2D eigenvalue weighted by Crippen LogP contribution is -2.50. The van der Waals surface area contributed by atoms with Crippen LogP contribution < -0.4 is 5.32 Å². The first-order chi connectivity index (χ1) is 18.7. The van der Waals surface area contributed by atoms with Crippen LogP contribution in [-0.2, 0) is 32.6 Å². The molecule has 1 aliphatic rings. The molecule has 1 heterocycles.